The first-order chi connectivity index (χ1) is 6.34. The van der Waals surface area contributed by atoms with Crippen LogP contribution in [-0.4, -0.2) is 22.5 Å². The van der Waals surface area contributed by atoms with Crippen LogP contribution in [0.5, 0.6) is 0 Å². The average Bonchev–Trinajstić information content (AvgIpc) is 2.71. The predicted octanol–water partition coefficient (Wildman–Crippen LogP) is 2.11. The number of hydrogen-bond donors (Lipinski definition) is 0. The number of nitrogens with zero attached hydrogens (tertiary/aromatic N) is 2. The summed E-state index contributed by atoms with van der Waals surface area (Å²) in [5.74, 6) is 0. The molecule has 0 aliphatic carbocycles. The standard InChI is InChI=1S/C9H13ClN2O/c10-8-6-11-12(7-8)4-3-9-2-1-5-13-9/h6-7,9H,1-5H2. The molecule has 0 bridgehead atoms. The third-order valence-corrected chi connectivity index (χ3v) is 2.50. The second-order valence-electron chi connectivity index (χ2n) is 3.35. The van der Waals surface area contributed by atoms with Crippen LogP contribution in [0.25, 0.3) is 0 Å². The van der Waals surface area contributed by atoms with E-state index in [2.05, 4.69) is 5.10 Å². The van der Waals surface area contributed by atoms with Crippen LogP contribution >= 0.6 is 11.6 Å². The van der Waals surface area contributed by atoms with Crippen molar-refractivity contribution in [2.75, 3.05) is 6.61 Å². The van der Waals surface area contributed by atoms with Crippen LogP contribution in [0.15, 0.2) is 12.4 Å². The Morgan fingerprint density at radius 1 is 1.69 bits per heavy atom. The zero-order valence-electron chi connectivity index (χ0n) is 7.45. The predicted molar refractivity (Wildman–Crippen MR) is 50.8 cm³/mol. The smallest absolute Gasteiger partial charge is 0.0785 e. The van der Waals surface area contributed by atoms with Crippen LogP contribution in [0.1, 0.15) is 19.3 Å². The molecular formula is C9H13ClN2O. The molecule has 0 aromatic carbocycles. The Morgan fingerprint density at radius 3 is 3.23 bits per heavy atom. The van der Waals surface area contributed by atoms with Gasteiger partial charge in [-0.3, -0.25) is 4.68 Å². The lowest BCUT2D eigenvalue weighted by molar-refractivity contribution is 0.0994. The highest BCUT2D eigenvalue weighted by atomic mass is 35.5. The van der Waals surface area contributed by atoms with E-state index in [4.69, 9.17) is 16.3 Å². The fourth-order valence-electron chi connectivity index (χ4n) is 1.61. The SMILES string of the molecule is Clc1cnn(CCC2CCCO2)c1. The van der Waals surface area contributed by atoms with Gasteiger partial charge in [-0.05, 0) is 19.3 Å². The summed E-state index contributed by atoms with van der Waals surface area (Å²) in [4.78, 5) is 0. The van der Waals surface area contributed by atoms with Crippen molar-refractivity contribution in [3.05, 3.63) is 17.4 Å². The van der Waals surface area contributed by atoms with E-state index < -0.39 is 0 Å². The van der Waals surface area contributed by atoms with Gasteiger partial charge in [-0.1, -0.05) is 11.6 Å². The molecule has 2 heterocycles. The molecule has 1 fully saturated rings. The maximum Gasteiger partial charge on any atom is 0.0785 e. The molecule has 3 nitrogen and oxygen atoms in total. The first-order valence-electron chi connectivity index (χ1n) is 4.64. The molecule has 0 radical (unpaired) electrons. The van der Waals surface area contributed by atoms with Crippen LogP contribution < -0.4 is 0 Å². The van der Waals surface area contributed by atoms with Crippen molar-refractivity contribution in [3.63, 3.8) is 0 Å². The van der Waals surface area contributed by atoms with Crippen molar-refractivity contribution in [1.29, 1.82) is 0 Å². The summed E-state index contributed by atoms with van der Waals surface area (Å²) in [6.45, 7) is 1.82. The molecule has 2 rings (SSSR count). The molecule has 0 amide bonds. The average molecular weight is 201 g/mol. The quantitative estimate of drug-likeness (QED) is 0.747. The van der Waals surface area contributed by atoms with Gasteiger partial charge in [0.25, 0.3) is 0 Å². The summed E-state index contributed by atoms with van der Waals surface area (Å²) in [5, 5.41) is 4.81. The highest BCUT2D eigenvalue weighted by Gasteiger charge is 2.14. The van der Waals surface area contributed by atoms with Crippen LogP contribution in [0, 0.1) is 0 Å². The Kier molecular flexibility index (Phi) is 2.86. The summed E-state index contributed by atoms with van der Waals surface area (Å²) >= 11 is 5.74. The molecule has 1 atom stereocenters. The fourth-order valence-corrected chi connectivity index (χ4v) is 1.77. The molecule has 0 N–H and O–H groups in total. The summed E-state index contributed by atoms with van der Waals surface area (Å²) in [7, 11) is 0. The second-order valence-corrected chi connectivity index (χ2v) is 3.78. The van der Waals surface area contributed by atoms with E-state index in [0.29, 0.717) is 11.1 Å². The number of hydrogen-bond acceptors (Lipinski definition) is 2. The summed E-state index contributed by atoms with van der Waals surface area (Å²) < 4.78 is 7.37. The van der Waals surface area contributed by atoms with Gasteiger partial charge in [0.05, 0.1) is 17.3 Å². The van der Waals surface area contributed by atoms with E-state index in [0.717, 1.165) is 19.6 Å². The largest absolute Gasteiger partial charge is 0.378 e. The Bertz CT molecular complexity index is 268. The van der Waals surface area contributed by atoms with Crippen LogP contribution in [0.2, 0.25) is 5.02 Å². The normalized spacial score (nSPS) is 22.4. The van der Waals surface area contributed by atoms with Crippen molar-refractivity contribution >= 4 is 11.6 Å². The highest BCUT2D eigenvalue weighted by molar-refractivity contribution is 6.30. The van der Waals surface area contributed by atoms with Crippen LogP contribution in [0.4, 0.5) is 0 Å². The topological polar surface area (TPSA) is 27.1 Å². The molecule has 1 aromatic rings. The Labute approximate surface area is 82.6 Å². The van der Waals surface area contributed by atoms with Crippen molar-refractivity contribution in [2.24, 2.45) is 0 Å². The Hall–Kier alpha value is -0.540. The molecule has 1 aliphatic heterocycles. The molecule has 1 saturated heterocycles. The van der Waals surface area contributed by atoms with Gasteiger partial charge in [-0.15, -0.1) is 0 Å². The molecule has 13 heavy (non-hydrogen) atoms. The minimum absolute atomic E-state index is 0.433. The lowest BCUT2D eigenvalue weighted by Crippen LogP contribution is -2.10. The molecule has 1 aromatic heterocycles. The van der Waals surface area contributed by atoms with Crippen molar-refractivity contribution in [3.8, 4) is 0 Å². The Morgan fingerprint density at radius 2 is 2.62 bits per heavy atom. The van der Waals surface area contributed by atoms with E-state index in [-0.39, 0.29) is 0 Å². The first-order valence-corrected chi connectivity index (χ1v) is 5.02. The lowest BCUT2D eigenvalue weighted by atomic mass is 10.2. The summed E-state index contributed by atoms with van der Waals surface area (Å²) in [5.41, 5.74) is 0. The van der Waals surface area contributed by atoms with Gasteiger partial charge in [0, 0.05) is 19.3 Å². The van der Waals surface area contributed by atoms with Crippen LogP contribution in [-0.2, 0) is 11.3 Å². The molecule has 1 aliphatic rings. The summed E-state index contributed by atoms with van der Waals surface area (Å²) in [6, 6.07) is 0. The van der Waals surface area contributed by atoms with Gasteiger partial charge < -0.3 is 4.74 Å². The van der Waals surface area contributed by atoms with Crippen molar-refractivity contribution < 1.29 is 4.74 Å². The molecule has 1 unspecified atom stereocenters. The third-order valence-electron chi connectivity index (χ3n) is 2.31. The third kappa shape index (κ3) is 2.45. The van der Waals surface area contributed by atoms with E-state index in [1.165, 1.54) is 12.8 Å². The molecular weight excluding hydrogens is 188 g/mol. The molecule has 4 heteroatoms. The van der Waals surface area contributed by atoms with E-state index in [9.17, 15) is 0 Å². The zero-order chi connectivity index (χ0) is 9.10. The molecule has 0 saturated carbocycles. The van der Waals surface area contributed by atoms with Gasteiger partial charge in [-0.25, -0.2) is 0 Å². The van der Waals surface area contributed by atoms with Crippen molar-refractivity contribution in [1.82, 2.24) is 9.78 Å². The number of rotatable bonds is 3. The number of ether oxygens (including phenoxy) is 1. The van der Waals surface area contributed by atoms with Gasteiger partial charge in [0.2, 0.25) is 0 Å². The van der Waals surface area contributed by atoms with Crippen LogP contribution in [0.3, 0.4) is 0 Å². The minimum Gasteiger partial charge on any atom is -0.378 e. The maximum atomic E-state index is 5.74. The Balaban J connectivity index is 1.78. The zero-order valence-corrected chi connectivity index (χ0v) is 8.20. The molecule has 0 spiro atoms. The van der Waals surface area contributed by atoms with Gasteiger partial charge in [-0.2, -0.15) is 5.10 Å². The van der Waals surface area contributed by atoms with Gasteiger partial charge in [0.1, 0.15) is 0 Å². The minimum atomic E-state index is 0.433. The summed E-state index contributed by atoms with van der Waals surface area (Å²) in [6.07, 6.45) is 7.37. The maximum absolute atomic E-state index is 5.74. The monoisotopic (exact) mass is 200 g/mol. The fraction of sp³-hybridized carbons (Fsp3) is 0.667. The number of aromatic nitrogens is 2. The second kappa shape index (κ2) is 4.11. The van der Waals surface area contributed by atoms with E-state index in [1.807, 2.05) is 10.9 Å². The van der Waals surface area contributed by atoms with E-state index in [1.54, 1.807) is 6.20 Å². The first kappa shape index (κ1) is 9.03. The van der Waals surface area contributed by atoms with Gasteiger partial charge >= 0.3 is 0 Å². The van der Waals surface area contributed by atoms with Gasteiger partial charge in [0.15, 0.2) is 0 Å². The number of aryl methyl sites for hydroxylation is 1. The highest BCUT2D eigenvalue weighted by Crippen LogP contribution is 2.16. The molecule has 72 valence electrons. The number of halogens is 1. The lowest BCUT2D eigenvalue weighted by Gasteiger charge is -2.08. The van der Waals surface area contributed by atoms with Crippen molar-refractivity contribution in [2.45, 2.75) is 31.9 Å². The van der Waals surface area contributed by atoms with E-state index >= 15 is 0 Å².